The van der Waals surface area contributed by atoms with E-state index in [1.54, 1.807) is 48.7 Å². The smallest absolute Gasteiger partial charge is 0.217 e. The number of rotatable bonds is 1. The second-order valence-electron chi connectivity index (χ2n) is 3.78. The minimum Gasteiger partial charge on any atom is -0.790 e. The maximum Gasteiger partial charge on any atom is 0.217 e. The van der Waals surface area contributed by atoms with Crippen LogP contribution in [0.4, 0.5) is 0 Å². The average Bonchev–Trinajstić information content (AvgIpc) is 2.44. The van der Waals surface area contributed by atoms with Gasteiger partial charge in [-0.3, -0.25) is 14.6 Å². The molecule has 88 valence electrons. The van der Waals surface area contributed by atoms with Crippen LogP contribution < -0.4 is 5.43 Å². The number of hydrogen-bond acceptors (Lipinski definition) is 4. The first-order chi connectivity index (χ1) is 8.77. The van der Waals surface area contributed by atoms with E-state index in [2.05, 4.69) is 10.1 Å². The van der Waals surface area contributed by atoms with Gasteiger partial charge in [0.15, 0.2) is 5.69 Å². The molecule has 0 aliphatic heterocycles. The van der Waals surface area contributed by atoms with E-state index < -0.39 is 0 Å². The van der Waals surface area contributed by atoms with Gasteiger partial charge in [0.25, 0.3) is 0 Å². The largest absolute Gasteiger partial charge is 0.790 e. The Morgan fingerprint density at radius 1 is 1.06 bits per heavy atom. The van der Waals surface area contributed by atoms with E-state index in [1.807, 2.05) is 0 Å². The highest BCUT2D eigenvalue weighted by Gasteiger charge is 2.10. The Morgan fingerprint density at radius 3 is 2.61 bits per heavy atom. The molecule has 0 aliphatic carbocycles. The first kappa shape index (κ1) is 10.5. The molecule has 3 rings (SSSR count). The van der Waals surface area contributed by atoms with E-state index in [4.69, 9.17) is 0 Å². The zero-order valence-electron chi connectivity index (χ0n) is 9.28. The Hall–Kier alpha value is -2.69. The molecule has 2 heterocycles. The second-order valence-corrected chi connectivity index (χ2v) is 3.78. The Kier molecular flexibility index (Phi) is 2.30. The molecule has 0 saturated heterocycles. The molecule has 5 heteroatoms. The molecule has 0 fully saturated rings. The Labute approximate surface area is 102 Å². The molecular weight excluding hydrogens is 230 g/mol. The number of para-hydroxylation sites is 1. The van der Waals surface area contributed by atoms with Gasteiger partial charge in [-0.25, -0.2) is 0 Å². The summed E-state index contributed by atoms with van der Waals surface area (Å²) < 4.78 is 0. The van der Waals surface area contributed by atoms with Crippen LogP contribution in [0.3, 0.4) is 0 Å². The lowest BCUT2D eigenvalue weighted by Crippen LogP contribution is -2.14. The fraction of sp³-hybridized carbons (Fsp3) is 0. The molecule has 0 atom stereocenters. The number of benzene rings is 1. The van der Waals surface area contributed by atoms with E-state index in [-0.39, 0.29) is 16.6 Å². The fourth-order valence-corrected chi connectivity index (χ4v) is 1.82. The minimum atomic E-state index is -0.281. The predicted molar refractivity (Wildman–Crippen MR) is 68.0 cm³/mol. The highest BCUT2D eigenvalue weighted by molar-refractivity contribution is 5.81. The van der Waals surface area contributed by atoms with Gasteiger partial charge in [-0.2, -0.15) is 5.10 Å². The van der Waals surface area contributed by atoms with Crippen LogP contribution in [0.15, 0.2) is 53.5 Å². The minimum absolute atomic E-state index is 0.0734. The lowest BCUT2D eigenvalue weighted by Gasteiger charge is -2.13. The monoisotopic (exact) mass is 238 g/mol. The van der Waals surface area contributed by atoms with Gasteiger partial charge < -0.3 is 5.21 Å². The van der Waals surface area contributed by atoms with Crippen molar-refractivity contribution in [1.29, 1.82) is 0 Å². The molecule has 0 saturated carbocycles. The third-order valence-corrected chi connectivity index (χ3v) is 2.67. The Morgan fingerprint density at radius 2 is 1.83 bits per heavy atom. The number of hydrogen-bond donors (Lipinski definition) is 0. The molecule has 0 spiro atoms. The first-order valence-corrected chi connectivity index (χ1v) is 5.38. The SMILES string of the molecule is O=c1c(-c2ccccn2)nn([O-])c2ccccc12. The van der Waals surface area contributed by atoms with E-state index >= 15 is 0 Å². The molecule has 3 aromatic rings. The van der Waals surface area contributed by atoms with Crippen molar-refractivity contribution in [3.63, 3.8) is 0 Å². The van der Waals surface area contributed by atoms with Gasteiger partial charge in [0.1, 0.15) is 0 Å². The van der Waals surface area contributed by atoms with Crippen molar-refractivity contribution < 1.29 is 0 Å². The highest BCUT2D eigenvalue weighted by atomic mass is 16.5. The van der Waals surface area contributed by atoms with Gasteiger partial charge in [0.05, 0.1) is 11.2 Å². The summed E-state index contributed by atoms with van der Waals surface area (Å²) in [5.41, 5.74) is 0.459. The number of aromatic nitrogens is 3. The summed E-state index contributed by atoms with van der Waals surface area (Å²) in [4.78, 5) is 16.7. The van der Waals surface area contributed by atoms with E-state index in [0.717, 1.165) is 0 Å². The van der Waals surface area contributed by atoms with Gasteiger partial charge in [-0.05, 0) is 24.3 Å². The van der Waals surface area contributed by atoms with Crippen molar-refractivity contribution in [2.75, 3.05) is 0 Å². The van der Waals surface area contributed by atoms with Crippen LogP contribution in [0.1, 0.15) is 0 Å². The topological polar surface area (TPSA) is 70.8 Å². The maximum atomic E-state index is 12.2. The van der Waals surface area contributed by atoms with E-state index in [9.17, 15) is 10.0 Å². The summed E-state index contributed by atoms with van der Waals surface area (Å²) in [7, 11) is 0. The van der Waals surface area contributed by atoms with Crippen LogP contribution in [-0.4, -0.2) is 14.9 Å². The predicted octanol–water partition coefficient (Wildman–Crippen LogP) is 1.80. The lowest BCUT2D eigenvalue weighted by atomic mass is 10.1. The fourth-order valence-electron chi connectivity index (χ4n) is 1.82. The molecule has 2 aromatic heterocycles. The number of pyridine rings is 1. The van der Waals surface area contributed by atoms with Gasteiger partial charge in [0.2, 0.25) is 5.43 Å². The van der Waals surface area contributed by atoms with Crippen molar-refractivity contribution in [2.24, 2.45) is 0 Å². The van der Waals surface area contributed by atoms with Crippen LogP contribution >= 0.6 is 0 Å². The maximum absolute atomic E-state index is 12.2. The molecule has 0 unspecified atom stereocenters. The van der Waals surface area contributed by atoms with Gasteiger partial charge >= 0.3 is 0 Å². The molecule has 0 aliphatic rings. The van der Waals surface area contributed by atoms with Crippen molar-refractivity contribution in [2.45, 2.75) is 0 Å². The molecular formula is C13H8N3O2-. The normalized spacial score (nSPS) is 10.7. The standard InChI is InChI=1S/C13H8N3O2/c17-13-9-5-1-2-7-11(9)16(18)15-12(13)10-6-3-4-8-14-10/h1-8H/q-1. The van der Waals surface area contributed by atoms with E-state index in [0.29, 0.717) is 15.9 Å². The van der Waals surface area contributed by atoms with Crippen LogP contribution in [0.5, 0.6) is 0 Å². The Bertz CT molecular complexity index is 766. The molecule has 5 nitrogen and oxygen atoms in total. The summed E-state index contributed by atoms with van der Waals surface area (Å²) in [6.07, 6.45) is 1.56. The summed E-state index contributed by atoms with van der Waals surface area (Å²) in [6, 6.07) is 11.7. The zero-order chi connectivity index (χ0) is 12.5. The van der Waals surface area contributed by atoms with Gasteiger partial charge in [0, 0.05) is 11.6 Å². The highest BCUT2D eigenvalue weighted by Crippen LogP contribution is 2.14. The Balaban J connectivity index is 2.39. The molecule has 0 radical (unpaired) electrons. The molecule has 0 bridgehead atoms. The van der Waals surface area contributed by atoms with Crippen LogP contribution in [0.2, 0.25) is 0 Å². The van der Waals surface area contributed by atoms with Crippen molar-refractivity contribution in [3.8, 4) is 11.4 Å². The molecule has 1 aromatic carbocycles. The van der Waals surface area contributed by atoms with Crippen molar-refractivity contribution in [1.82, 2.24) is 14.9 Å². The van der Waals surface area contributed by atoms with Crippen LogP contribution in [0.25, 0.3) is 22.3 Å². The van der Waals surface area contributed by atoms with Crippen LogP contribution in [-0.2, 0) is 0 Å². The summed E-state index contributed by atoms with van der Waals surface area (Å²) in [5.74, 6) is 0. The molecule has 0 amide bonds. The summed E-state index contributed by atoms with van der Waals surface area (Å²) >= 11 is 0. The molecule has 0 N–H and O–H groups in total. The first-order valence-electron chi connectivity index (χ1n) is 5.38. The number of nitrogens with zero attached hydrogens (tertiary/aromatic N) is 3. The number of fused-ring (bicyclic) bond motifs is 1. The third kappa shape index (κ3) is 1.53. The van der Waals surface area contributed by atoms with Gasteiger partial charge in [-0.1, -0.05) is 18.2 Å². The van der Waals surface area contributed by atoms with Crippen LogP contribution in [0, 0.1) is 5.21 Å². The zero-order valence-corrected chi connectivity index (χ0v) is 9.28. The average molecular weight is 238 g/mol. The second kappa shape index (κ2) is 3.96. The molecule has 18 heavy (non-hydrogen) atoms. The summed E-state index contributed by atoms with van der Waals surface area (Å²) in [5, 5.41) is 15.9. The van der Waals surface area contributed by atoms with Gasteiger partial charge in [-0.15, -0.1) is 0 Å². The lowest BCUT2D eigenvalue weighted by molar-refractivity contribution is 0.889. The third-order valence-electron chi connectivity index (χ3n) is 2.67. The van der Waals surface area contributed by atoms with Crippen molar-refractivity contribution in [3.05, 3.63) is 64.1 Å². The van der Waals surface area contributed by atoms with E-state index in [1.165, 1.54) is 0 Å². The van der Waals surface area contributed by atoms with Crippen molar-refractivity contribution >= 4 is 10.9 Å². The quantitative estimate of drug-likeness (QED) is 0.648. The summed E-state index contributed by atoms with van der Waals surface area (Å²) in [6.45, 7) is 0.